The molecule has 0 radical (unpaired) electrons. The second-order valence-corrected chi connectivity index (χ2v) is 4.79. The number of benzene rings is 1. The van der Waals surface area contributed by atoms with Gasteiger partial charge in [0.15, 0.2) is 0 Å². The summed E-state index contributed by atoms with van der Waals surface area (Å²) in [4.78, 5) is 18.3. The van der Waals surface area contributed by atoms with E-state index in [1.807, 2.05) is 19.9 Å². The first-order valence-corrected chi connectivity index (χ1v) is 6.34. The molecule has 2 rings (SSSR count). The molecule has 4 nitrogen and oxygen atoms in total. The highest BCUT2D eigenvalue weighted by Crippen LogP contribution is 2.37. The normalized spacial score (nSPS) is 10.0. The van der Waals surface area contributed by atoms with E-state index in [1.54, 1.807) is 6.07 Å². The van der Waals surface area contributed by atoms with Crippen molar-refractivity contribution in [1.29, 1.82) is 5.26 Å². The second-order valence-electron chi connectivity index (χ2n) is 4.79. The maximum Gasteiger partial charge on any atom is 0.240 e. The summed E-state index contributed by atoms with van der Waals surface area (Å²) < 4.78 is 13.9. The summed E-state index contributed by atoms with van der Waals surface area (Å²) in [6, 6.07) is 7.75. The maximum absolute atomic E-state index is 13.9. The summed E-state index contributed by atoms with van der Waals surface area (Å²) in [7, 11) is 0. The maximum atomic E-state index is 13.9. The Morgan fingerprint density at radius 1 is 1.33 bits per heavy atom. The van der Waals surface area contributed by atoms with Crippen LogP contribution in [0.5, 0.6) is 0 Å². The molecule has 0 amide bonds. The van der Waals surface area contributed by atoms with Crippen LogP contribution in [0.4, 0.5) is 10.1 Å². The zero-order chi connectivity index (χ0) is 15.4. The minimum atomic E-state index is -0.422. The van der Waals surface area contributed by atoms with Crippen LogP contribution in [0, 0.1) is 17.1 Å². The molecule has 0 saturated carbocycles. The Labute approximate surface area is 121 Å². The molecule has 0 saturated heterocycles. The standard InChI is InChI=1S/C16H12FN3O/c1-10(2)14-6-12(17)7-15(16(14)20-9-21)11-3-4-19-13(5-11)8-18/h3-7,10H,1-2H3. The van der Waals surface area contributed by atoms with Crippen molar-refractivity contribution >= 4 is 11.8 Å². The van der Waals surface area contributed by atoms with E-state index in [2.05, 4.69) is 9.98 Å². The summed E-state index contributed by atoms with van der Waals surface area (Å²) in [5, 5.41) is 8.91. The first kappa shape index (κ1) is 14.6. The van der Waals surface area contributed by atoms with Gasteiger partial charge in [-0.15, -0.1) is 0 Å². The molecule has 21 heavy (non-hydrogen) atoms. The third-order valence-corrected chi connectivity index (χ3v) is 3.07. The van der Waals surface area contributed by atoms with Crippen LogP contribution in [-0.4, -0.2) is 11.1 Å². The van der Waals surface area contributed by atoms with E-state index in [1.165, 1.54) is 30.5 Å². The zero-order valence-electron chi connectivity index (χ0n) is 11.6. The van der Waals surface area contributed by atoms with Gasteiger partial charge in [-0.1, -0.05) is 13.8 Å². The van der Waals surface area contributed by atoms with Gasteiger partial charge in [0.1, 0.15) is 17.6 Å². The molecule has 1 heterocycles. The summed E-state index contributed by atoms with van der Waals surface area (Å²) in [5.74, 6) is -0.433. The van der Waals surface area contributed by atoms with Gasteiger partial charge >= 0.3 is 0 Å². The Hall–Kier alpha value is -2.83. The fourth-order valence-corrected chi connectivity index (χ4v) is 2.11. The summed E-state index contributed by atoms with van der Waals surface area (Å²) in [6.07, 6.45) is 2.97. The first-order valence-electron chi connectivity index (χ1n) is 6.34. The van der Waals surface area contributed by atoms with Gasteiger partial charge in [0, 0.05) is 11.8 Å². The monoisotopic (exact) mass is 281 g/mol. The van der Waals surface area contributed by atoms with E-state index in [-0.39, 0.29) is 11.6 Å². The minimum Gasteiger partial charge on any atom is -0.246 e. The average Bonchev–Trinajstić information content (AvgIpc) is 2.48. The molecule has 5 heteroatoms. The molecule has 0 N–H and O–H groups in total. The quantitative estimate of drug-likeness (QED) is 0.634. The number of nitriles is 1. The Bertz CT molecular complexity index is 772. The third kappa shape index (κ3) is 3.02. The number of carbonyl (C=O) groups excluding carboxylic acids is 1. The Morgan fingerprint density at radius 2 is 2.10 bits per heavy atom. The van der Waals surface area contributed by atoms with Crippen LogP contribution in [0.3, 0.4) is 0 Å². The van der Waals surface area contributed by atoms with Crippen molar-refractivity contribution in [2.75, 3.05) is 0 Å². The number of isocyanates is 1. The Morgan fingerprint density at radius 3 is 2.71 bits per heavy atom. The third-order valence-electron chi connectivity index (χ3n) is 3.07. The van der Waals surface area contributed by atoms with Gasteiger partial charge in [-0.2, -0.15) is 10.3 Å². The van der Waals surface area contributed by atoms with E-state index >= 15 is 0 Å². The van der Waals surface area contributed by atoms with Crippen molar-refractivity contribution in [2.45, 2.75) is 19.8 Å². The highest BCUT2D eigenvalue weighted by atomic mass is 19.1. The van der Waals surface area contributed by atoms with Gasteiger partial charge in [-0.05, 0) is 41.3 Å². The van der Waals surface area contributed by atoms with Gasteiger partial charge in [-0.3, -0.25) is 0 Å². The molecule has 0 bridgehead atoms. The number of nitrogens with zero attached hydrogens (tertiary/aromatic N) is 3. The summed E-state index contributed by atoms with van der Waals surface area (Å²) in [6.45, 7) is 3.77. The van der Waals surface area contributed by atoms with Gasteiger partial charge in [-0.25, -0.2) is 14.2 Å². The molecular formula is C16H12FN3O. The highest BCUT2D eigenvalue weighted by Gasteiger charge is 2.15. The van der Waals surface area contributed by atoms with Crippen LogP contribution in [0.25, 0.3) is 11.1 Å². The average molecular weight is 281 g/mol. The SMILES string of the molecule is CC(C)c1cc(F)cc(-c2ccnc(C#N)c2)c1N=C=O. The van der Waals surface area contributed by atoms with E-state index in [0.29, 0.717) is 22.4 Å². The highest BCUT2D eigenvalue weighted by molar-refractivity contribution is 5.80. The van der Waals surface area contributed by atoms with Gasteiger partial charge < -0.3 is 0 Å². The molecule has 104 valence electrons. The molecule has 0 fully saturated rings. The van der Waals surface area contributed by atoms with Gasteiger partial charge in [0.2, 0.25) is 6.08 Å². The van der Waals surface area contributed by atoms with E-state index in [0.717, 1.165) is 0 Å². The molecule has 0 spiro atoms. The molecule has 0 aliphatic heterocycles. The minimum absolute atomic E-state index is 0.0103. The van der Waals surface area contributed by atoms with E-state index in [4.69, 9.17) is 5.26 Å². The van der Waals surface area contributed by atoms with Gasteiger partial charge in [0.25, 0.3) is 0 Å². The number of aromatic nitrogens is 1. The fraction of sp³-hybridized carbons (Fsp3) is 0.188. The lowest BCUT2D eigenvalue weighted by Gasteiger charge is -2.13. The molecular weight excluding hydrogens is 269 g/mol. The number of hydrogen-bond donors (Lipinski definition) is 0. The largest absolute Gasteiger partial charge is 0.246 e. The number of hydrogen-bond acceptors (Lipinski definition) is 4. The first-order chi connectivity index (χ1) is 10.1. The number of rotatable bonds is 3. The predicted molar refractivity (Wildman–Crippen MR) is 76.2 cm³/mol. The van der Waals surface area contributed by atoms with Crippen LogP contribution in [0.2, 0.25) is 0 Å². The molecule has 2 aromatic rings. The molecule has 0 unspecified atom stereocenters. The lowest BCUT2D eigenvalue weighted by molar-refractivity contribution is 0.565. The molecule has 0 aliphatic rings. The fourth-order valence-electron chi connectivity index (χ4n) is 2.11. The summed E-state index contributed by atoms with van der Waals surface area (Å²) in [5.41, 5.74) is 2.22. The molecule has 1 aromatic heterocycles. The lowest BCUT2D eigenvalue weighted by atomic mass is 9.94. The van der Waals surface area contributed by atoms with Crippen molar-refractivity contribution in [1.82, 2.24) is 4.98 Å². The molecule has 1 aromatic carbocycles. The van der Waals surface area contributed by atoms with Crippen LogP contribution in [0.15, 0.2) is 35.5 Å². The van der Waals surface area contributed by atoms with Crippen molar-refractivity contribution in [2.24, 2.45) is 4.99 Å². The summed E-state index contributed by atoms with van der Waals surface area (Å²) >= 11 is 0. The van der Waals surface area contributed by atoms with E-state index in [9.17, 15) is 9.18 Å². The van der Waals surface area contributed by atoms with Crippen molar-refractivity contribution < 1.29 is 9.18 Å². The van der Waals surface area contributed by atoms with Gasteiger partial charge in [0.05, 0.1) is 5.69 Å². The number of aliphatic imine (C=N–C) groups is 1. The van der Waals surface area contributed by atoms with Crippen molar-refractivity contribution in [3.63, 3.8) is 0 Å². The van der Waals surface area contributed by atoms with Crippen molar-refractivity contribution in [3.8, 4) is 17.2 Å². The van der Waals surface area contributed by atoms with Crippen LogP contribution in [0.1, 0.15) is 31.0 Å². The van der Waals surface area contributed by atoms with E-state index < -0.39 is 5.82 Å². The topological polar surface area (TPSA) is 66.1 Å². The number of pyridine rings is 1. The second kappa shape index (κ2) is 6.08. The molecule has 0 atom stereocenters. The van der Waals surface area contributed by atoms with Crippen LogP contribution >= 0.6 is 0 Å². The predicted octanol–water partition coefficient (Wildman–Crippen LogP) is 3.85. The molecule has 0 aliphatic carbocycles. The lowest BCUT2D eigenvalue weighted by Crippen LogP contribution is -1.94. The van der Waals surface area contributed by atoms with Crippen LogP contribution < -0.4 is 0 Å². The Kier molecular flexibility index (Phi) is 4.22. The Balaban J connectivity index is 2.78. The van der Waals surface area contributed by atoms with Crippen LogP contribution in [-0.2, 0) is 4.79 Å². The zero-order valence-corrected chi connectivity index (χ0v) is 11.6. The van der Waals surface area contributed by atoms with Crippen molar-refractivity contribution in [3.05, 3.63) is 47.5 Å². The smallest absolute Gasteiger partial charge is 0.240 e. The number of halogens is 1.